The van der Waals surface area contributed by atoms with E-state index in [0.29, 0.717) is 6.61 Å². The van der Waals surface area contributed by atoms with Gasteiger partial charge in [-0.2, -0.15) is 0 Å². The van der Waals surface area contributed by atoms with Crippen LogP contribution in [0.2, 0.25) is 0 Å². The number of nitrogens with zero attached hydrogens (tertiary/aromatic N) is 1. The second-order valence-electron chi connectivity index (χ2n) is 6.64. The maximum Gasteiger partial charge on any atom is 0.0905 e. The summed E-state index contributed by atoms with van der Waals surface area (Å²) in [7, 11) is 0. The van der Waals surface area contributed by atoms with Crippen LogP contribution in [-0.2, 0) is 16.9 Å². The number of benzene rings is 2. The van der Waals surface area contributed by atoms with Crippen LogP contribution >= 0.6 is 0 Å². The van der Waals surface area contributed by atoms with Crippen LogP contribution in [0, 0.1) is 0 Å². The molecule has 2 aromatic carbocycles. The Bertz CT molecular complexity index is 620. The van der Waals surface area contributed by atoms with Crippen LogP contribution in [0.5, 0.6) is 0 Å². The van der Waals surface area contributed by atoms with Crippen molar-refractivity contribution in [2.45, 2.75) is 32.5 Å². The summed E-state index contributed by atoms with van der Waals surface area (Å²) in [6, 6.07) is 19.3. The van der Waals surface area contributed by atoms with Crippen molar-refractivity contribution in [2.75, 3.05) is 31.1 Å². The molecule has 3 rings (SSSR count). The average molecular weight is 324 g/mol. The van der Waals surface area contributed by atoms with Gasteiger partial charge in [-0.3, -0.25) is 0 Å². The minimum atomic E-state index is -0.252. The quantitative estimate of drug-likeness (QED) is 0.871. The van der Waals surface area contributed by atoms with E-state index in [1.54, 1.807) is 0 Å². The van der Waals surface area contributed by atoms with Gasteiger partial charge in [0, 0.05) is 31.9 Å². The Labute approximate surface area is 145 Å². The monoisotopic (exact) mass is 324 g/mol. The molecule has 1 N–H and O–H groups in total. The Morgan fingerprint density at radius 3 is 2.29 bits per heavy atom. The lowest BCUT2D eigenvalue weighted by molar-refractivity contribution is -0.0509. The van der Waals surface area contributed by atoms with Crippen LogP contribution in [0.3, 0.4) is 0 Å². The lowest BCUT2D eigenvalue weighted by atomic mass is 9.92. The van der Waals surface area contributed by atoms with Crippen molar-refractivity contribution >= 4 is 5.69 Å². The molecule has 0 aromatic heterocycles. The molecule has 0 amide bonds. The smallest absolute Gasteiger partial charge is 0.0905 e. The van der Waals surface area contributed by atoms with Gasteiger partial charge in [0.15, 0.2) is 0 Å². The summed E-state index contributed by atoms with van der Waals surface area (Å²) in [5, 5.41) is 3.40. The second-order valence-corrected chi connectivity index (χ2v) is 6.64. The predicted molar refractivity (Wildman–Crippen MR) is 100 cm³/mol. The largest absolute Gasteiger partial charge is 0.369 e. The van der Waals surface area contributed by atoms with Crippen molar-refractivity contribution in [3.05, 3.63) is 65.7 Å². The van der Waals surface area contributed by atoms with Crippen molar-refractivity contribution in [2.24, 2.45) is 0 Å². The van der Waals surface area contributed by atoms with Crippen LogP contribution in [-0.4, -0.2) is 26.2 Å². The molecule has 1 aliphatic heterocycles. The molecule has 1 aliphatic rings. The zero-order valence-electron chi connectivity index (χ0n) is 14.8. The van der Waals surface area contributed by atoms with Gasteiger partial charge in [0.25, 0.3) is 0 Å². The number of rotatable bonds is 6. The highest BCUT2D eigenvalue weighted by molar-refractivity contribution is 5.48. The van der Waals surface area contributed by atoms with E-state index in [1.165, 1.54) is 16.8 Å². The van der Waals surface area contributed by atoms with Gasteiger partial charge in [0.05, 0.1) is 12.2 Å². The maximum absolute atomic E-state index is 6.31. The number of nitrogens with one attached hydrogen (secondary N) is 1. The van der Waals surface area contributed by atoms with Crippen LogP contribution in [0.4, 0.5) is 5.69 Å². The Hall–Kier alpha value is -1.84. The number of ether oxygens (including phenoxy) is 1. The SMILES string of the molecule is CCC(C)(OCc1ccccc1)c1ccc(N2CCNCC2)cc1. The fourth-order valence-corrected chi connectivity index (χ4v) is 3.15. The van der Waals surface area contributed by atoms with Crippen LogP contribution < -0.4 is 10.2 Å². The van der Waals surface area contributed by atoms with E-state index < -0.39 is 0 Å². The standard InChI is InChI=1S/C21H28N2O/c1-3-21(2,24-17-18-7-5-4-6-8-18)19-9-11-20(12-10-19)23-15-13-22-14-16-23/h4-12,22H,3,13-17H2,1-2H3. The van der Waals surface area contributed by atoms with E-state index in [9.17, 15) is 0 Å². The summed E-state index contributed by atoms with van der Waals surface area (Å²) in [4.78, 5) is 2.44. The molecule has 0 bridgehead atoms. The molecule has 1 heterocycles. The maximum atomic E-state index is 6.31. The molecule has 0 radical (unpaired) electrons. The summed E-state index contributed by atoms with van der Waals surface area (Å²) in [6.45, 7) is 9.31. The van der Waals surface area contributed by atoms with Gasteiger partial charge >= 0.3 is 0 Å². The number of hydrogen-bond donors (Lipinski definition) is 1. The predicted octanol–water partition coefficient (Wildman–Crippen LogP) is 3.94. The number of anilines is 1. The Morgan fingerprint density at radius 1 is 1.00 bits per heavy atom. The summed E-state index contributed by atoms with van der Waals surface area (Å²) in [5.41, 5.74) is 3.52. The Morgan fingerprint density at radius 2 is 1.67 bits per heavy atom. The molecule has 128 valence electrons. The molecular weight excluding hydrogens is 296 g/mol. The first-order valence-corrected chi connectivity index (χ1v) is 8.95. The molecule has 3 heteroatoms. The Balaban J connectivity index is 1.69. The lowest BCUT2D eigenvalue weighted by Crippen LogP contribution is -2.43. The van der Waals surface area contributed by atoms with E-state index in [1.807, 2.05) is 6.07 Å². The zero-order valence-corrected chi connectivity index (χ0v) is 14.8. The van der Waals surface area contributed by atoms with Crippen molar-refractivity contribution < 1.29 is 4.74 Å². The first-order valence-electron chi connectivity index (χ1n) is 8.95. The van der Waals surface area contributed by atoms with E-state index in [-0.39, 0.29) is 5.60 Å². The summed E-state index contributed by atoms with van der Waals surface area (Å²) in [5.74, 6) is 0. The molecule has 1 unspecified atom stereocenters. The fourth-order valence-electron chi connectivity index (χ4n) is 3.15. The van der Waals surface area contributed by atoms with Crippen LogP contribution in [0.1, 0.15) is 31.4 Å². The molecular formula is C21H28N2O. The summed E-state index contributed by atoms with van der Waals surface area (Å²) in [6.07, 6.45) is 0.951. The highest BCUT2D eigenvalue weighted by Crippen LogP contribution is 2.31. The first-order chi connectivity index (χ1) is 11.7. The Kier molecular flexibility index (Phi) is 5.54. The topological polar surface area (TPSA) is 24.5 Å². The highest BCUT2D eigenvalue weighted by Gasteiger charge is 2.25. The molecule has 0 aliphatic carbocycles. The first kappa shape index (κ1) is 17.0. The van der Waals surface area contributed by atoms with Gasteiger partial charge in [-0.25, -0.2) is 0 Å². The van der Waals surface area contributed by atoms with Crippen LogP contribution in [0.15, 0.2) is 54.6 Å². The third-order valence-electron chi connectivity index (χ3n) is 5.03. The lowest BCUT2D eigenvalue weighted by Gasteiger charge is -2.32. The third kappa shape index (κ3) is 3.97. The third-order valence-corrected chi connectivity index (χ3v) is 5.03. The van der Waals surface area contributed by atoms with E-state index >= 15 is 0 Å². The van der Waals surface area contributed by atoms with Crippen molar-refractivity contribution in [3.63, 3.8) is 0 Å². The van der Waals surface area contributed by atoms with Gasteiger partial charge < -0.3 is 15.0 Å². The molecule has 1 fully saturated rings. The second kappa shape index (κ2) is 7.82. The van der Waals surface area contributed by atoms with Crippen molar-refractivity contribution in [3.8, 4) is 0 Å². The molecule has 2 aromatic rings. The van der Waals surface area contributed by atoms with Gasteiger partial charge in [0.2, 0.25) is 0 Å². The number of piperazine rings is 1. The normalized spacial score (nSPS) is 17.5. The zero-order chi connectivity index (χ0) is 16.8. The van der Waals surface area contributed by atoms with E-state index in [0.717, 1.165) is 32.6 Å². The molecule has 0 spiro atoms. The van der Waals surface area contributed by atoms with Crippen LogP contribution in [0.25, 0.3) is 0 Å². The van der Waals surface area contributed by atoms with Gasteiger partial charge in [-0.15, -0.1) is 0 Å². The number of hydrogen-bond acceptors (Lipinski definition) is 3. The molecule has 0 saturated carbocycles. The van der Waals surface area contributed by atoms with E-state index in [4.69, 9.17) is 4.74 Å². The molecule has 1 saturated heterocycles. The van der Waals surface area contributed by atoms with Crippen molar-refractivity contribution in [1.29, 1.82) is 0 Å². The molecule has 1 atom stereocenters. The minimum Gasteiger partial charge on any atom is -0.369 e. The summed E-state index contributed by atoms with van der Waals surface area (Å²) >= 11 is 0. The molecule has 24 heavy (non-hydrogen) atoms. The summed E-state index contributed by atoms with van der Waals surface area (Å²) < 4.78 is 6.31. The van der Waals surface area contributed by atoms with Gasteiger partial charge in [0.1, 0.15) is 0 Å². The average Bonchev–Trinajstić information content (AvgIpc) is 2.68. The molecule has 3 nitrogen and oxygen atoms in total. The minimum absolute atomic E-state index is 0.252. The van der Waals surface area contributed by atoms with Crippen molar-refractivity contribution in [1.82, 2.24) is 5.32 Å². The van der Waals surface area contributed by atoms with Gasteiger partial charge in [-0.05, 0) is 36.6 Å². The van der Waals surface area contributed by atoms with E-state index in [2.05, 4.69) is 72.6 Å². The van der Waals surface area contributed by atoms with Gasteiger partial charge in [-0.1, -0.05) is 49.4 Å². The fraction of sp³-hybridized carbons (Fsp3) is 0.429. The highest BCUT2D eigenvalue weighted by atomic mass is 16.5.